The number of urea groups is 1. The van der Waals surface area contributed by atoms with E-state index in [2.05, 4.69) is 60.2 Å². The molecular formula is C24H30N4OS. The number of carbonyl (C=O) groups excluding carboxylic acids is 1. The number of fused-ring (bicyclic) bond motifs is 1. The molecule has 1 aliphatic rings. The SMILES string of the molecule is CCN1CCc2c(sc(-n3cccc3)c2[C@@H](C)NC(=O)Nc2ccc(C)c(C)c2)C1. The zero-order valence-corrected chi connectivity index (χ0v) is 19.0. The number of thiophene rings is 1. The van der Waals surface area contributed by atoms with Gasteiger partial charge in [-0.25, -0.2) is 4.79 Å². The fourth-order valence-electron chi connectivity index (χ4n) is 4.10. The van der Waals surface area contributed by atoms with Gasteiger partial charge in [0.05, 0.1) is 6.04 Å². The molecule has 3 aromatic rings. The highest BCUT2D eigenvalue weighted by Crippen LogP contribution is 2.39. The van der Waals surface area contributed by atoms with Crippen molar-refractivity contribution in [2.45, 2.75) is 46.7 Å². The van der Waals surface area contributed by atoms with Crippen LogP contribution in [0.5, 0.6) is 0 Å². The summed E-state index contributed by atoms with van der Waals surface area (Å²) in [5, 5.41) is 7.37. The number of nitrogens with one attached hydrogen (secondary N) is 2. The number of hydrogen-bond donors (Lipinski definition) is 2. The number of aromatic nitrogens is 1. The molecule has 2 amide bonds. The summed E-state index contributed by atoms with van der Waals surface area (Å²) in [6.45, 7) is 11.6. The Morgan fingerprint density at radius 3 is 2.67 bits per heavy atom. The van der Waals surface area contributed by atoms with Crippen LogP contribution in [0.1, 0.15) is 47.0 Å². The smallest absolute Gasteiger partial charge is 0.319 e. The van der Waals surface area contributed by atoms with Gasteiger partial charge < -0.3 is 15.2 Å². The maximum absolute atomic E-state index is 12.7. The van der Waals surface area contributed by atoms with Gasteiger partial charge in [0, 0.05) is 41.6 Å². The third kappa shape index (κ3) is 4.16. The van der Waals surface area contributed by atoms with Crippen molar-refractivity contribution < 1.29 is 4.79 Å². The van der Waals surface area contributed by atoms with Gasteiger partial charge in [-0.1, -0.05) is 13.0 Å². The van der Waals surface area contributed by atoms with Gasteiger partial charge in [0.2, 0.25) is 0 Å². The molecule has 4 rings (SSSR count). The van der Waals surface area contributed by atoms with E-state index in [9.17, 15) is 4.79 Å². The van der Waals surface area contributed by atoms with Crippen LogP contribution in [0.15, 0.2) is 42.7 Å². The zero-order chi connectivity index (χ0) is 21.3. The average Bonchev–Trinajstić information content (AvgIpc) is 3.37. The summed E-state index contributed by atoms with van der Waals surface area (Å²) in [6.07, 6.45) is 5.20. The van der Waals surface area contributed by atoms with Crippen molar-refractivity contribution >= 4 is 23.1 Å². The summed E-state index contributed by atoms with van der Waals surface area (Å²) in [7, 11) is 0. The van der Waals surface area contributed by atoms with Crippen LogP contribution >= 0.6 is 11.3 Å². The monoisotopic (exact) mass is 422 g/mol. The quantitative estimate of drug-likeness (QED) is 0.577. The largest absolute Gasteiger partial charge is 0.331 e. The van der Waals surface area contributed by atoms with Crippen molar-refractivity contribution in [2.75, 3.05) is 18.4 Å². The number of benzene rings is 1. The van der Waals surface area contributed by atoms with Crippen LogP contribution in [0, 0.1) is 13.8 Å². The van der Waals surface area contributed by atoms with Crippen molar-refractivity contribution in [2.24, 2.45) is 0 Å². The number of amides is 2. The average molecular weight is 423 g/mol. The van der Waals surface area contributed by atoms with Crippen molar-refractivity contribution in [1.29, 1.82) is 0 Å². The molecule has 6 heteroatoms. The van der Waals surface area contributed by atoms with E-state index in [4.69, 9.17) is 0 Å². The molecule has 0 bridgehead atoms. The number of hydrogen-bond acceptors (Lipinski definition) is 3. The molecule has 0 radical (unpaired) electrons. The molecular weight excluding hydrogens is 392 g/mol. The van der Waals surface area contributed by atoms with Gasteiger partial charge in [-0.15, -0.1) is 11.3 Å². The lowest BCUT2D eigenvalue weighted by molar-refractivity contribution is 0.249. The Labute approximate surface area is 182 Å². The van der Waals surface area contributed by atoms with Gasteiger partial charge in [-0.05, 0) is 74.7 Å². The van der Waals surface area contributed by atoms with Crippen LogP contribution in [0.4, 0.5) is 10.5 Å². The zero-order valence-electron chi connectivity index (χ0n) is 18.2. The number of anilines is 1. The highest BCUT2D eigenvalue weighted by atomic mass is 32.1. The van der Waals surface area contributed by atoms with Crippen LogP contribution in [0.25, 0.3) is 5.00 Å². The number of nitrogens with zero attached hydrogens (tertiary/aromatic N) is 2. The first-order valence-electron chi connectivity index (χ1n) is 10.6. The molecule has 1 aliphatic heterocycles. The first kappa shape index (κ1) is 20.7. The summed E-state index contributed by atoms with van der Waals surface area (Å²) >= 11 is 1.85. The Morgan fingerprint density at radius 1 is 1.20 bits per heavy atom. The molecule has 0 saturated carbocycles. The fourth-order valence-corrected chi connectivity index (χ4v) is 5.55. The van der Waals surface area contributed by atoms with E-state index in [-0.39, 0.29) is 12.1 Å². The predicted molar refractivity (Wildman–Crippen MR) is 125 cm³/mol. The number of likely N-dealkylation sites (N-methyl/N-ethyl adjacent to an activating group) is 1. The summed E-state index contributed by atoms with van der Waals surface area (Å²) in [6, 6.07) is 9.84. The second kappa shape index (κ2) is 8.66. The van der Waals surface area contributed by atoms with Gasteiger partial charge in [0.25, 0.3) is 0 Å². The van der Waals surface area contributed by atoms with Crippen LogP contribution < -0.4 is 10.6 Å². The Bertz CT molecular complexity index is 1040. The minimum Gasteiger partial charge on any atom is -0.331 e. The molecule has 1 atom stereocenters. The molecule has 0 fully saturated rings. The molecule has 0 spiro atoms. The minimum atomic E-state index is -0.171. The third-order valence-electron chi connectivity index (χ3n) is 5.99. The third-order valence-corrected chi connectivity index (χ3v) is 7.23. The molecule has 2 aromatic heterocycles. The Balaban J connectivity index is 1.58. The molecule has 0 unspecified atom stereocenters. The lowest BCUT2D eigenvalue weighted by Crippen LogP contribution is -2.33. The van der Waals surface area contributed by atoms with Crippen LogP contribution in [-0.4, -0.2) is 28.6 Å². The van der Waals surface area contributed by atoms with Gasteiger partial charge in [-0.3, -0.25) is 4.90 Å². The highest BCUT2D eigenvalue weighted by Gasteiger charge is 2.27. The van der Waals surface area contributed by atoms with E-state index >= 15 is 0 Å². The minimum absolute atomic E-state index is 0.0814. The molecule has 2 N–H and O–H groups in total. The summed E-state index contributed by atoms with van der Waals surface area (Å²) < 4.78 is 2.17. The van der Waals surface area contributed by atoms with E-state index < -0.39 is 0 Å². The van der Waals surface area contributed by atoms with Gasteiger partial charge in [0.15, 0.2) is 0 Å². The van der Waals surface area contributed by atoms with Gasteiger partial charge in [-0.2, -0.15) is 0 Å². The van der Waals surface area contributed by atoms with E-state index in [1.165, 1.54) is 32.1 Å². The van der Waals surface area contributed by atoms with Gasteiger partial charge in [0.1, 0.15) is 5.00 Å². The first-order chi connectivity index (χ1) is 14.5. The second-order valence-electron chi connectivity index (χ2n) is 8.05. The van der Waals surface area contributed by atoms with Crippen LogP contribution in [-0.2, 0) is 13.0 Å². The van der Waals surface area contributed by atoms with Gasteiger partial charge >= 0.3 is 6.03 Å². The molecule has 158 valence electrons. The van der Waals surface area contributed by atoms with E-state index in [0.717, 1.165) is 31.7 Å². The van der Waals surface area contributed by atoms with E-state index in [1.54, 1.807) is 0 Å². The van der Waals surface area contributed by atoms with Crippen LogP contribution in [0.3, 0.4) is 0 Å². The number of rotatable bonds is 5. The maximum Gasteiger partial charge on any atom is 0.319 e. The topological polar surface area (TPSA) is 49.3 Å². The summed E-state index contributed by atoms with van der Waals surface area (Å²) in [5.74, 6) is 0. The Morgan fingerprint density at radius 2 is 1.97 bits per heavy atom. The maximum atomic E-state index is 12.7. The van der Waals surface area contributed by atoms with E-state index in [1.807, 2.05) is 41.7 Å². The van der Waals surface area contributed by atoms with E-state index in [0.29, 0.717) is 0 Å². The van der Waals surface area contributed by atoms with Crippen molar-refractivity contribution in [3.8, 4) is 5.00 Å². The predicted octanol–water partition coefficient (Wildman–Crippen LogP) is 5.42. The summed E-state index contributed by atoms with van der Waals surface area (Å²) in [5.41, 5.74) is 5.86. The number of carbonyl (C=O) groups is 1. The standard InChI is InChI=1S/C24H30N4OS/c1-5-27-13-10-20-21(15-27)30-23(28-11-6-7-12-28)22(20)18(4)25-24(29)26-19-9-8-16(2)17(3)14-19/h6-9,11-12,14,18H,5,10,13,15H2,1-4H3,(H2,25,26,29)/t18-/m1/s1. The highest BCUT2D eigenvalue weighted by molar-refractivity contribution is 7.15. The molecule has 30 heavy (non-hydrogen) atoms. The molecule has 1 aromatic carbocycles. The summed E-state index contributed by atoms with van der Waals surface area (Å²) in [4.78, 5) is 16.6. The van der Waals surface area contributed by atoms with Crippen molar-refractivity contribution in [3.63, 3.8) is 0 Å². The second-order valence-corrected chi connectivity index (χ2v) is 9.13. The lowest BCUT2D eigenvalue weighted by atomic mass is 9.98. The first-order valence-corrected chi connectivity index (χ1v) is 11.4. The lowest BCUT2D eigenvalue weighted by Gasteiger charge is -2.26. The fraction of sp³-hybridized carbons (Fsp3) is 0.375. The number of aryl methyl sites for hydroxylation is 2. The Kier molecular flexibility index (Phi) is 5.97. The molecule has 5 nitrogen and oxygen atoms in total. The molecule has 0 saturated heterocycles. The molecule has 3 heterocycles. The normalized spacial score (nSPS) is 14.9. The molecule has 0 aliphatic carbocycles. The van der Waals surface area contributed by atoms with Crippen molar-refractivity contribution in [3.05, 3.63) is 69.9 Å². The Hall–Kier alpha value is -2.57. The van der Waals surface area contributed by atoms with Crippen LogP contribution in [0.2, 0.25) is 0 Å². The van der Waals surface area contributed by atoms with Crippen molar-refractivity contribution in [1.82, 2.24) is 14.8 Å².